The van der Waals surface area contributed by atoms with E-state index in [2.05, 4.69) is 9.97 Å². The van der Waals surface area contributed by atoms with E-state index in [0.717, 1.165) is 4.90 Å². The topological polar surface area (TPSA) is 75.3 Å². The van der Waals surface area contributed by atoms with Gasteiger partial charge in [0, 0.05) is 13.1 Å². The molecule has 0 atom stereocenters. The highest BCUT2D eigenvalue weighted by molar-refractivity contribution is 5.36. The van der Waals surface area contributed by atoms with Crippen molar-refractivity contribution in [3.8, 4) is 0 Å². The Bertz CT molecular complexity index is 341. The maximum absolute atomic E-state index is 12.3. The summed E-state index contributed by atoms with van der Waals surface area (Å²) in [6.07, 6.45) is -1.83. The summed E-state index contributed by atoms with van der Waals surface area (Å²) in [5, 5.41) is 8.72. The van der Waals surface area contributed by atoms with Gasteiger partial charge in [-0.2, -0.15) is 13.2 Å². The lowest BCUT2D eigenvalue weighted by Crippen LogP contribution is -2.36. The van der Waals surface area contributed by atoms with Gasteiger partial charge >= 0.3 is 6.18 Å². The molecule has 0 bridgehead atoms. The first-order valence-electron chi connectivity index (χ1n) is 4.90. The van der Waals surface area contributed by atoms with Gasteiger partial charge in [0.25, 0.3) is 0 Å². The Morgan fingerprint density at radius 1 is 1.29 bits per heavy atom. The third-order valence-corrected chi connectivity index (χ3v) is 1.96. The Morgan fingerprint density at radius 2 is 2.00 bits per heavy atom. The van der Waals surface area contributed by atoms with Crippen LogP contribution in [-0.2, 0) is 6.54 Å². The quantitative estimate of drug-likeness (QED) is 0.786. The van der Waals surface area contributed by atoms with Crippen LogP contribution >= 0.6 is 0 Å². The minimum atomic E-state index is -4.36. The van der Waals surface area contributed by atoms with Gasteiger partial charge in [0.1, 0.15) is 12.4 Å². The van der Waals surface area contributed by atoms with E-state index < -0.39 is 19.3 Å². The van der Waals surface area contributed by atoms with E-state index >= 15 is 0 Å². The Labute approximate surface area is 96.1 Å². The van der Waals surface area contributed by atoms with E-state index in [0.29, 0.717) is 5.69 Å². The van der Waals surface area contributed by atoms with Gasteiger partial charge in [0.05, 0.1) is 24.7 Å². The Balaban J connectivity index is 2.81. The first-order chi connectivity index (χ1) is 7.96. The van der Waals surface area contributed by atoms with Crippen LogP contribution in [0.1, 0.15) is 5.69 Å². The van der Waals surface area contributed by atoms with E-state index in [-0.39, 0.29) is 18.9 Å². The number of anilines is 1. The van der Waals surface area contributed by atoms with Crippen LogP contribution in [0.15, 0.2) is 12.4 Å². The van der Waals surface area contributed by atoms with Crippen molar-refractivity contribution in [2.45, 2.75) is 12.7 Å². The number of aromatic nitrogens is 2. The lowest BCUT2D eigenvalue weighted by atomic mass is 10.4. The van der Waals surface area contributed by atoms with Crippen molar-refractivity contribution in [3.63, 3.8) is 0 Å². The summed E-state index contributed by atoms with van der Waals surface area (Å²) in [4.78, 5) is 8.59. The van der Waals surface area contributed by atoms with Crippen molar-refractivity contribution in [1.82, 2.24) is 9.97 Å². The molecule has 0 aliphatic heterocycles. The van der Waals surface area contributed by atoms with Crippen LogP contribution in [0, 0.1) is 0 Å². The van der Waals surface area contributed by atoms with Crippen molar-refractivity contribution in [2.75, 3.05) is 24.6 Å². The Morgan fingerprint density at radius 3 is 2.41 bits per heavy atom. The molecule has 1 aromatic rings. The number of alkyl halides is 3. The zero-order chi connectivity index (χ0) is 12.9. The van der Waals surface area contributed by atoms with Crippen molar-refractivity contribution in [2.24, 2.45) is 5.73 Å². The van der Waals surface area contributed by atoms with Gasteiger partial charge < -0.3 is 15.7 Å². The fraction of sp³-hybridized carbons (Fsp3) is 0.556. The normalized spacial score (nSPS) is 11.6. The molecule has 1 rings (SSSR count). The molecule has 0 saturated carbocycles. The fourth-order valence-corrected chi connectivity index (χ4v) is 1.23. The second-order valence-electron chi connectivity index (χ2n) is 3.33. The van der Waals surface area contributed by atoms with E-state index in [1.54, 1.807) is 0 Å². The zero-order valence-corrected chi connectivity index (χ0v) is 8.98. The standard InChI is InChI=1S/C9H13F3N4O/c10-9(11,12)6-16(1-2-17)8-5-14-7(3-13)4-15-8/h4-5,17H,1-3,6,13H2. The molecule has 0 unspecified atom stereocenters. The second kappa shape index (κ2) is 5.78. The van der Waals surface area contributed by atoms with E-state index in [9.17, 15) is 13.2 Å². The smallest absolute Gasteiger partial charge is 0.395 e. The number of halogens is 3. The highest BCUT2D eigenvalue weighted by Gasteiger charge is 2.31. The van der Waals surface area contributed by atoms with Gasteiger partial charge in [0.2, 0.25) is 0 Å². The molecule has 0 aliphatic carbocycles. The van der Waals surface area contributed by atoms with Gasteiger partial charge in [-0.3, -0.25) is 4.98 Å². The molecule has 17 heavy (non-hydrogen) atoms. The number of rotatable bonds is 5. The molecule has 0 spiro atoms. The van der Waals surface area contributed by atoms with E-state index in [4.69, 9.17) is 10.8 Å². The summed E-state index contributed by atoms with van der Waals surface area (Å²) >= 11 is 0. The first kappa shape index (κ1) is 13.7. The molecule has 8 heteroatoms. The van der Waals surface area contributed by atoms with Gasteiger partial charge in [-0.15, -0.1) is 0 Å². The average Bonchev–Trinajstić information content (AvgIpc) is 2.27. The second-order valence-corrected chi connectivity index (χ2v) is 3.33. The summed E-state index contributed by atoms with van der Waals surface area (Å²) in [7, 11) is 0. The summed E-state index contributed by atoms with van der Waals surface area (Å²) < 4.78 is 36.8. The van der Waals surface area contributed by atoms with Gasteiger partial charge in [-0.25, -0.2) is 4.98 Å². The summed E-state index contributed by atoms with van der Waals surface area (Å²) in [5.41, 5.74) is 5.79. The van der Waals surface area contributed by atoms with Crippen LogP contribution in [0.4, 0.5) is 19.0 Å². The molecule has 1 aromatic heterocycles. The number of nitrogens with zero attached hydrogens (tertiary/aromatic N) is 3. The molecular formula is C9H13F3N4O. The molecule has 0 aliphatic rings. The fourth-order valence-electron chi connectivity index (χ4n) is 1.23. The largest absolute Gasteiger partial charge is 0.405 e. The van der Waals surface area contributed by atoms with Crippen molar-refractivity contribution >= 4 is 5.82 Å². The van der Waals surface area contributed by atoms with Crippen LogP contribution in [0.3, 0.4) is 0 Å². The van der Waals surface area contributed by atoms with E-state index in [1.807, 2.05) is 0 Å². The van der Waals surface area contributed by atoms with Crippen molar-refractivity contribution in [1.29, 1.82) is 0 Å². The number of hydrogen-bond acceptors (Lipinski definition) is 5. The minimum absolute atomic E-state index is 0.0635. The molecule has 0 radical (unpaired) electrons. The Kier molecular flexibility index (Phi) is 4.64. The molecule has 0 fully saturated rings. The number of nitrogens with two attached hydrogens (primary N) is 1. The summed E-state index contributed by atoms with van der Waals surface area (Å²) in [5.74, 6) is 0.0635. The third-order valence-electron chi connectivity index (χ3n) is 1.96. The molecule has 1 heterocycles. The van der Waals surface area contributed by atoms with E-state index in [1.165, 1.54) is 12.4 Å². The summed E-state index contributed by atoms with van der Waals surface area (Å²) in [6.45, 7) is -1.55. The highest BCUT2D eigenvalue weighted by atomic mass is 19.4. The van der Waals surface area contributed by atoms with Crippen LogP contribution in [-0.4, -0.2) is 40.9 Å². The van der Waals surface area contributed by atoms with Crippen LogP contribution in [0.5, 0.6) is 0 Å². The minimum Gasteiger partial charge on any atom is -0.395 e. The molecule has 3 N–H and O–H groups in total. The highest BCUT2D eigenvalue weighted by Crippen LogP contribution is 2.19. The maximum Gasteiger partial charge on any atom is 0.405 e. The van der Waals surface area contributed by atoms with Crippen molar-refractivity contribution in [3.05, 3.63) is 18.1 Å². The molecular weight excluding hydrogens is 237 g/mol. The van der Waals surface area contributed by atoms with Crippen molar-refractivity contribution < 1.29 is 18.3 Å². The van der Waals surface area contributed by atoms with Gasteiger partial charge in [-0.1, -0.05) is 0 Å². The molecule has 5 nitrogen and oxygen atoms in total. The Hall–Kier alpha value is -1.41. The zero-order valence-electron chi connectivity index (χ0n) is 8.98. The number of aliphatic hydroxyl groups is 1. The SMILES string of the molecule is NCc1cnc(N(CCO)CC(F)(F)F)cn1. The van der Waals surface area contributed by atoms with Gasteiger partial charge in [0.15, 0.2) is 0 Å². The monoisotopic (exact) mass is 250 g/mol. The van der Waals surface area contributed by atoms with Gasteiger partial charge in [-0.05, 0) is 0 Å². The predicted octanol–water partition coefficient (Wildman–Crippen LogP) is 0.296. The number of hydrogen-bond donors (Lipinski definition) is 2. The average molecular weight is 250 g/mol. The lowest BCUT2D eigenvalue weighted by molar-refractivity contribution is -0.120. The first-order valence-corrected chi connectivity index (χ1v) is 4.90. The number of aliphatic hydroxyl groups excluding tert-OH is 1. The summed E-state index contributed by atoms with van der Waals surface area (Å²) in [6, 6.07) is 0. The molecule has 0 amide bonds. The lowest BCUT2D eigenvalue weighted by Gasteiger charge is -2.23. The van der Waals surface area contributed by atoms with Crippen LogP contribution in [0.2, 0.25) is 0 Å². The molecule has 0 saturated heterocycles. The predicted molar refractivity (Wildman–Crippen MR) is 55.3 cm³/mol. The molecule has 0 aromatic carbocycles. The van der Waals surface area contributed by atoms with Crippen LogP contribution in [0.25, 0.3) is 0 Å². The maximum atomic E-state index is 12.3. The molecule has 96 valence electrons. The third kappa shape index (κ3) is 4.53. The van der Waals surface area contributed by atoms with Crippen LogP contribution < -0.4 is 10.6 Å².